The van der Waals surface area contributed by atoms with Crippen molar-refractivity contribution >= 4 is 5.78 Å². The Bertz CT molecular complexity index is 387. The van der Waals surface area contributed by atoms with Crippen LogP contribution in [0.1, 0.15) is 19.3 Å². The van der Waals surface area contributed by atoms with E-state index >= 15 is 0 Å². The van der Waals surface area contributed by atoms with Gasteiger partial charge in [0.15, 0.2) is 5.78 Å². The lowest BCUT2D eigenvalue weighted by molar-refractivity contribution is -0.119. The average Bonchev–Trinajstić information content (AvgIpc) is 2.29. The number of rotatable bonds is 0. The summed E-state index contributed by atoms with van der Waals surface area (Å²) >= 11 is 0. The second kappa shape index (κ2) is 3.46. The number of Topliss-reactive ketones (excluding diaryl/α,β-unsaturated/α-hetero) is 1. The molecule has 0 bridgehead atoms. The third-order valence-electron chi connectivity index (χ3n) is 3.41. The van der Waals surface area contributed by atoms with Crippen LogP contribution in [0.5, 0.6) is 0 Å². The van der Waals surface area contributed by atoms with Gasteiger partial charge in [-0.3, -0.25) is 4.79 Å². The molecule has 0 aromatic heterocycles. The van der Waals surface area contributed by atoms with Crippen LogP contribution in [0.4, 0.5) is 0 Å². The molecule has 0 N–H and O–H groups in total. The number of ether oxygens (including phenoxy) is 1. The Hall–Kier alpha value is -1.15. The number of carbonyl (C=O) groups is 1. The maximum Gasteiger partial charge on any atom is 0.161 e. The van der Waals surface area contributed by atoms with E-state index < -0.39 is 0 Å². The zero-order valence-corrected chi connectivity index (χ0v) is 8.61. The molecule has 3 rings (SSSR count). The molecule has 1 fully saturated rings. The van der Waals surface area contributed by atoms with Crippen molar-refractivity contribution in [1.82, 2.24) is 0 Å². The lowest BCUT2D eigenvalue weighted by Crippen LogP contribution is -2.35. The molecular formula is C13H14O2. The highest BCUT2D eigenvalue weighted by Crippen LogP contribution is 2.36. The predicted molar refractivity (Wildman–Crippen MR) is 57.4 cm³/mol. The van der Waals surface area contributed by atoms with E-state index in [4.69, 9.17) is 4.74 Å². The Balaban J connectivity index is 2.08. The maximum atomic E-state index is 11.9. The van der Waals surface area contributed by atoms with Gasteiger partial charge < -0.3 is 4.74 Å². The lowest BCUT2D eigenvalue weighted by atomic mass is 9.79. The van der Waals surface area contributed by atoms with Crippen LogP contribution in [0, 0.1) is 5.92 Å². The topological polar surface area (TPSA) is 26.3 Å². The smallest absolute Gasteiger partial charge is 0.161 e. The van der Waals surface area contributed by atoms with Crippen LogP contribution in [0.2, 0.25) is 0 Å². The van der Waals surface area contributed by atoms with E-state index in [2.05, 4.69) is 12.2 Å². The molecule has 2 unspecified atom stereocenters. The first-order valence-corrected chi connectivity index (χ1v) is 5.60. The summed E-state index contributed by atoms with van der Waals surface area (Å²) in [5, 5.41) is 0. The number of hydrogen-bond donors (Lipinski definition) is 0. The van der Waals surface area contributed by atoms with E-state index in [1.54, 1.807) is 0 Å². The molecule has 1 saturated carbocycles. The summed E-state index contributed by atoms with van der Waals surface area (Å²) in [6.45, 7) is 0.734. The molecule has 3 aliphatic rings. The van der Waals surface area contributed by atoms with Crippen molar-refractivity contribution in [3.63, 3.8) is 0 Å². The second-order valence-electron chi connectivity index (χ2n) is 4.36. The monoisotopic (exact) mass is 202 g/mol. The highest BCUT2D eigenvalue weighted by atomic mass is 16.5. The molecule has 0 aromatic rings. The van der Waals surface area contributed by atoms with Gasteiger partial charge in [-0.2, -0.15) is 0 Å². The van der Waals surface area contributed by atoms with Crippen LogP contribution in [0.15, 0.2) is 35.5 Å². The SMILES string of the molecule is O=C1CCCC2OCC3C=CC=CC3=C12. The average molecular weight is 202 g/mol. The molecule has 78 valence electrons. The summed E-state index contributed by atoms with van der Waals surface area (Å²) in [6, 6.07) is 0. The largest absolute Gasteiger partial charge is 0.372 e. The normalized spacial score (nSPS) is 34.0. The van der Waals surface area contributed by atoms with Gasteiger partial charge in [-0.15, -0.1) is 0 Å². The second-order valence-corrected chi connectivity index (χ2v) is 4.36. The van der Waals surface area contributed by atoms with E-state index in [0.29, 0.717) is 18.1 Å². The minimum atomic E-state index is 0.0775. The van der Waals surface area contributed by atoms with Crippen LogP contribution in [-0.2, 0) is 9.53 Å². The molecule has 0 aromatic carbocycles. The van der Waals surface area contributed by atoms with Gasteiger partial charge in [-0.05, 0) is 18.4 Å². The summed E-state index contributed by atoms with van der Waals surface area (Å²) < 4.78 is 5.76. The minimum Gasteiger partial charge on any atom is -0.372 e. The summed E-state index contributed by atoms with van der Waals surface area (Å²) in [5.74, 6) is 0.606. The number of hydrogen-bond acceptors (Lipinski definition) is 2. The van der Waals surface area contributed by atoms with E-state index in [9.17, 15) is 4.79 Å². The van der Waals surface area contributed by atoms with E-state index in [1.807, 2.05) is 12.2 Å². The Morgan fingerprint density at radius 3 is 3.20 bits per heavy atom. The number of ketones is 1. The molecule has 0 radical (unpaired) electrons. The third kappa shape index (κ3) is 1.40. The van der Waals surface area contributed by atoms with Gasteiger partial charge >= 0.3 is 0 Å². The van der Waals surface area contributed by atoms with Crippen molar-refractivity contribution in [2.75, 3.05) is 6.61 Å². The third-order valence-corrected chi connectivity index (χ3v) is 3.41. The number of allylic oxidation sites excluding steroid dienone is 3. The lowest BCUT2D eigenvalue weighted by Gasteiger charge is -2.34. The fourth-order valence-corrected chi connectivity index (χ4v) is 2.66. The first-order valence-electron chi connectivity index (χ1n) is 5.60. The molecule has 1 heterocycles. The Labute approximate surface area is 89.3 Å². The van der Waals surface area contributed by atoms with Crippen LogP contribution in [-0.4, -0.2) is 18.5 Å². The molecule has 1 aliphatic heterocycles. The maximum absolute atomic E-state index is 11.9. The zero-order valence-electron chi connectivity index (χ0n) is 8.61. The highest BCUT2D eigenvalue weighted by Gasteiger charge is 2.34. The molecule has 2 nitrogen and oxygen atoms in total. The van der Waals surface area contributed by atoms with Crippen molar-refractivity contribution in [3.8, 4) is 0 Å². The summed E-state index contributed by atoms with van der Waals surface area (Å²) in [6.07, 6.45) is 11.0. The van der Waals surface area contributed by atoms with Crippen LogP contribution < -0.4 is 0 Å². The molecule has 0 amide bonds. The van der Waals surface area contributed by atoms with Gasteiger partial charge in [0.2, 0.25) is 0 Å². The highest BCUT2D eigenvalue weighted by molar-refractivity contribution is 5.98. The molecular weight excluding hydrogens is 188 g/mol. The standard InChI is InChI=1S/C13H14O2/c14-11-6-3-7-12-13(11)10-5-2-1-4-9(10)8-15-12/h1-2,4-5,9,12H,3,6-8H2. The van der Waals surface area contributed by atoms with Crippen LogP contribution >= 0.6 is 0 Å². The molecule has 2 aliphatic carbocycles. The molecule has 15 heavy (non-hydrogen) atoms. The van der Waals surface area contributed by atoms with Crippen molar-refractivity contribution in [3.05, 3.63) is 35.5 Å². The van der Waals surface area contributed by atoms with Gasteiger partial charge in [-0.25, -0.2) is 0 Å². The van der Waals surface area contributed by atoms with Crippen molar-refractivity contribution < 1.29 is 9.53 Å². The van der Waals surface area contributed by atoms with Crippen molar-refractivity contribution in [1.29, 1.82) is 0 Å². The Morgan fingerprint density at radius 2 is 2.27 bits per heavy atom. The van der Waals surface area contributed by atoms with Gasteiger partial charge in [0.25, 0.3) is 0 Å². The molecule has 0 saturated heterocycles. The minimum absolute atomic E-state index is 0.0775. The Kier molecular flexibility index (Phi) is 2.10. The Morgan fingerprint density at radius 1 is 1.33 bits per heavy atom. The fraction of sp³-hybridized carbons (Fsp3) is 0.462. The summed E-state index contributed by atoms with van der Waals surface area (Å²) in [5.41, 5.74) is 2.16. The molecule has 0 spiro atoms. The fourth-order valence-electron chi connectivity index (χ4n) is 2.66. The molecule has 2 atom stereocenters. The van der Waals surface area contributed by atoms with Gasteiger partial charge in [0.05, 0.1) is 12.7 Å². The van der Waals surface area contributed by atoms with Gasteiger partial charge in [0.1, 0.15) is 0 Å². The number of fused-ring (bicyclic) bond motifs is 2. The van der Waals surface area contributed by atoms with Gasteiger partial charge in [0, 0.05) is 17.9 Å². The number of carbonyl (C=O) groups excluding carboxylic acids is 1. The first-order chi connectivity index (χ1) is 7.36. The molecule has 2 heteroatoms. The van der Waals surface area contributed by atoms with Crippen molar-refractivity contribution in [2.24, 2.45) is 5.92 Å². The predicted octanol–water partition coefficient (Wildman–Crippen LogP) is 2.18. The van der Waals surface area contributed by atoms with Gasteiger partial charge in [-0.1, -0.05) is 24.3 Å². The quantitative estimate of drug-likeness (QED) is 0.601. The first kappa shape index (κ1) is 9.10. The summed E-state index contributed by atoms with van der Waals surface area (Å²) in [4.78, 5) is 11.9. The van der Waals surface area contributed by atoms with Crippen LogP contribution in [0.25, 0.3) is 0 Å². The van der Waals surface area contributed by atoms with Crippen molar-refractivity contribution in [2.45, 2.75) is 25.4 Å². The zero-order chi connectivity index (χ0) is 10.3. The van der Waals surface area contributed by atoms with E-state index in [0.717, 1.165) is 25.0 Å². The van der Waals surface area contributed by atoms with Crippen LogP contribution in [0.3, 0.4) is 0 Å². The summed E-state index contributed by atoms with van der Waals surface area (Å²) in [7, 11) is 0. The van der Waals surface area contributed by atoms with E-state index in [1.165, 1.54) is 5.57 Å². The van der Waals surface area contributed by atoms with E-state index in [-0.39, 0.29) is 6.10 Å².